The number of rotatable bonds is 3. The molecule has 2 aromatic heterocycles. The second-order valence-electron chi connectivity index (χ2n) is 5.44. The Labute approximate surface area is 141 Å². The van der Waals surface area contributed by atoms with Gasteiger partial charge >= 0.3 is 0 Å². The molecule has 0 radical (unpaired) electrons. The van der Waals surface area contributed by atoms with Crippen LogP contribution in [-0.2, 0) is 11.3 Å². The maximum atomic E-state index is 12.3. The molecule has 0 aliphatic heterocycles. The van der Waals surface area contributed by atoms with Gasteiger partial charge < -0.3 is 14.9 Å². The number of carbonyl (C=O) groups is 1. The Kier molecular flexibility index (Phi) is 3.42. The van der Waals surface area contributed by atoms with Gasteiger partial charge in [-0.05, 0) is 41.8 Å². The van der Waals surface area contributed by atoms with Crippen molar-refractivity contribution in [1.82, 2.24) is 9.55 Å². The number of hydrogen-bond donors (Lipinski definition) is 2. The minimum Gasteiger partial charge on any atom is -0.361 e. The summed E-state index contributed by atoms with van der Waals surface area (Å²) >= 11 is 3.53. The van der Waals surface area contributed by atoms with Crippen molar-refractivity contribution in [3.63, 3.8) is 0 Å². The number of benzene rings is 2. The van der Waals surface area contributed by atoms with E-state index in [-0.39, 0.29) is 12.5 Å². The highest BCUT2D eigenvalue weighted by atomic mass is 79.9. The zero-order valence-electron chi connectivity index (χ0n) is 12.2. The Hall–Kier alpha value is -2.53. The Balaban J connectivity index is 1.56. The first-order valence-corrected chi connectivity index (χ1v) is 8.10. The van der Waals surface area contributed by atoms with E-state index in [9.17, 15) is 4.79 Å². The fourth-order valence-corrected chi connectivity index (χ4v) is 3.29. The quantitative estimate of drug-likeness (QED) is 0.549. The molecule has 114 valence electrons. The number of nitrogens with zero attached hydrogens (tertiary/aromatic N) is 1. The van der Waals surface area contributed by atoms with E-state index in [0.717, 1.165) is 32.0 Å². The molecule has 2 N–H and O–H groups in total. The molecule has 0 aliphatic carbocycles. The molecule has 23 heavy (non-hydrogen) atoms. The Morgan fingerprint density at radius 2 is 2.09 bits per heavy atom. The summed E-state index contributed by atoms with van der Waals surface area (Å²) in [5.41, 5.74) is 2.84. The monoisotopic (exact) mass is 367 g/mol. The van der Waals surface area contributed by atoms with Gasteiger partial charge in [-0.15, -0.1) is 0 Å². The van der Waals surface area contributed by atoms with Gasteiger partial charge in [0.1, 0.15) is 6.54 Å². The molecular weight excluding hydrogens is 354 g/mol. The fraction of sp³-hybridized carbons (Fsp3) is 0.0556. The van der Waals surface area contributed by atoms with E-state index in [0.29, 0.717) is 0 Å². The van der Waals surface area contributed by atoms with Crippen molar-refractivity contribution in [2.45, 2.75) is 6.54 Å². The van der Waals surface area contributed by atoms with Gasteiger partial charge in [-0.1, -0.05) is 28.1 Å². The zero-order chi connectivity index (χ0) is 15.8. The van der Waals surface area contributed by atoms with Crippen LogP contribution in [0.2, 0.25) is 0 Å². The summed E-state index contributed by atoms with van der Waals surface area (Å²) in [4.78, 5) is 15.5. The summed E-state index contributed by atoms with van der Waals surface area (Å²) in [6, 6.07) is 15.8. The third-order valence-electron chi connectivity index (χ3n) is 3.91. The Morgan fingerprint density at radius 1 is 1.17 bits per heavy atom. The first-order valence-electron chi connectivity index (χ1n) is 7.31. The highest BCUT2D eigenvalue weighted by Crippen LogP contribution is 2.24. The first kappa shape index (κ1) is 14.1. The molecular formula is C18H14BrN3O. The van der Waals surface area contributed by atoms with Gasteiger partial charge in [0.05, 0.1) is 0 Å². The van der Waals surface area contributed by atoms with Crippen molar-refractivity contribution in [2.75, 3.05) is 5.32 Å². The number of halogens is 1. The van der Waals surface area contributed by atoms with Gasteiger partial charge in [-0.25, -0.2) is 0 Å². The number of carbonyl (C=O) groups excluding carboxylic acids is 1. The van der Waals surface area contributed by atoms with Gasteiger partial charge in [0.15, 0.2) is 0 Å². The molecule has 2 heterocycles. The van der Waals surface area contributed by atoms with Crippen molar-refractivity contribution >= 4 is 49.3 Å². The maximum absolute atomic E-state index is 12.3. The van der Waals surface area contributed by atoms with Crippen LogP contribution in [-0.4, -0.2) is 15.5 Å². The van der Waals surface area contributed by atoms with E-state index in [1.807, 2.05) is 65.5 Å². The third-order valence-corrected chi connectivity index (χ3v) is 4.60. The van der Waals surface area contributed by atoms with E-state index in [1.54, 1.807) is 0 Å². The minimum absolute atomic E-state index is 0.0478. The molecule has 1 amide bonds. The molecule has 0 saturated heterocycles. The van der Waals surface area contributed by atoms with Gasteiger partial charge in [0.25, 0.3) is 0 Å². The summed E-state index contributed by atoms with van der Waals surface area (Å²) in [5.74, 6) is -0.0478. The predicted molar refractivity (Wildman–Crippen MR) is 96.6 cm³/mol. The largest absolute Gasteiger partial charge is 0.361 e. The van der Waals surface area contributed by atoms with Crippen LogP contribution in [0.25, 0.3) is 21.8 Å². The summed E-state index contributed by atoms with van der Waals surface area (Å²) < 4.78 is 2.98. The summed E-state index contributed by atoms with van der Waals surface area (Å²) in [6.45, 7) is 0.280. The SMILES string of the molecule is O=C(Cn1ccc2c(Br)cccc21)Nc1ccc2cc[nH]c2c1. The van der Waals surface area contributed by atoms with Crippen LogP contribution in [0.5, 0.6) is 0 Å². The van der Waals surface area contributed by atoms with Crippen LogP contribution < -0.4 is 5.32 Å². The molecule has 5 heteroatoms. The molecule has 0 atom stereocenters. The third kappa shape index (κ3) is 2.64. The number of aromatic nitrogens is 2. The second-order valence-corrected chi connectivity index (χ2v) is 6.30. The lowest BCUT2D eigenvalue weighted by atomic mass is 10.2. The molecule has 2 aromatic carbocycles. The van der Waals surface area contributed by atoms with Crippen molar-refractivity contribution in [3.05, 3.63) is 65.4 Å². The normalized spacial score (nSPS) is 11.2. The highest BCUT2D eigenvalue weighted by molar-refractivity contribution is 9.10. The van der Waals surface area contributed by atoms with Crippen LogP contribution in [0.4, 0.5) is 5.69 Å². The number of fused-ring (bicyclic) bond motifs is 2. The lowest BCUT2D eigenvalue weighted by Crippen LogP contribution is -2.18. The van der Waals surface area contributed by atoms with Crippen LogP contribution in [0.3, 0.4) is 0 Å². The second kappa shape index (κ2) is 5.59. The molecule has 0 bridgehead atoms. The topological polar surface area (TPSA) is 49.8 Å². The Bertz CT molecular complexity index is 1020. The van der Waals surface area contributed by atoms with Gasteiger partial charge in [-0.3, -0.25) is 4.79 Å². The minimum atomic E-state index is -0.0478. The molecule has 0 fully saturated rings. The van der Waals surface area contributed by atoms with E-state index in [1.165, 1.54) is 0 Å². The molecule has 4 rings (SSSR count). The number of aromatic amines is 1. The number of anilines is 1. The smallest absolute Gasteiger partial charge is 0.244 e. The van der Waals surface area contributed by atoms with Crippen molar-refractivity contribution < 1.29 is 4.79 Å². The fourth-order valence-electron chi connectivity index (χ4n) is 2.80. The molecule has 4 aromatic rings. The van der Waals surface area contributed by atoms with E-state index >= 15 is 0 Å². The maximum Gasteiger partial charge on any atom is 0.244 e. The molecule has 0 aliphatic rings. The number of amides is 1. The lowest BCUT2D eigenvalue weighted by Gasteiger charge is -2.08. The standard InChI is InChI=1S/C18H14BrN3O/c19-15-2-1-3-17-14(15)7-9-22(17)11-18(23)21-13-5-4-12-6-8-20-16(12)10-13/h1-10,20H,11H2,(H,21,23). The van der Waals surface area contributed by atoms with Gasteiger partial charge in [0.2, 0.25) is 5.91 Å². The summed E-state index contributed by atoms with van der Waals surface area (Å²) in [5, 5.41) is 5.18. The molecule has 0 spiro atoms. The van der Waals surface area contributed by atoms with E-state index < -0.39 is 0 Å². The summed E-state index contributed by atoms with van der Waals surface area (Å²) in [6.07, 6.45) is 3.82. The zero-order valence-corrected chi connectivity index (χ0v) is 13.8. The number of H-pyrrole nitrogens is 1. The predicted octanol–water partition coefficient (Wildman–Crippen LogP) is 4.52. The highest BCUT2D eigenvalue weighted by Gasteiger charge is 2.08. The number of hydrogen-bond acceptors (Lipinski definition) is 1. The molecule has 0 unspecified atom stereocenters. The van der Waals surface area contributed by atoms with E-state index in [4.69, 9.17) is 0 Å². The summed E-state index contributed by atoms with van der Waals surface area (Å²) in [7, 11) is 0. The number of nitrogens with one attached hydrogen (secondary N) is 2. The average Bonchev–Trinajstić information content (AvgIpc) is 3.15. The van der Waals surface area contributed by atoms with Crippen molar-refractivity contribution in [2.24, 2.45) is 0 Å². The van der Waals surface area contributed by atoms with Gasteiger partial charge in [-0.2, -0.15) is 0 Å². The van der Waals surface area contributed by atoms with Crippen LogP contribution in [0, 0.1) is 0 Å². The van der Waals surface area contributed by atoms with Gasteiger partial charge in [0, 0.05) is 39.0 Å². The molecule has 0 saturated carbocycles. The van der Waals surface area contributed by atoms with E-state index in [2.05, 4.69) is 26.2 Å². The lowest BCUT2D eigenvalue weighted by molar-refractivity contribution is -0.116. The molecule has 4 nitrogen and oxygen atoms in total. The van der Waals surface area contributed by atoms with Crippen LogP contribution >= 0.6 is 15.9 Å². The van der Waals surface area contributed by atoms with Crippen molar-refractivity contribution in [1.29, 1.82) is 0 Å². The Morgan fingerprint density at radius 3 is 3.00 bits per heavy atom. The van der Waals surface area contributed by atoms with Crippen LogP contribution in [0.15, 0.2) is 65.4 Å². The first-order chi connectivity index (χ1) is 11.2. The van der Waals surface area contributed by atoms with Crippen molar-refractivity contribution in [3.8, 4) is 0 Å². The van der Waals surface area contributed by atoms with Crippen LogP contribution in [0.1, 0.15) is 0 Å². The average molecular weight is 368 g/mol.